The SMILES string of the molecule is CCOC(=O)/C=C/C(=O)Nc1ccc(NC(=O)/C=C/C(=O)OCC)cc1. The molecule has 1 aromatic carbocycles. The molecule has 0 spiro atoms. The minimum Gasteiger partial charge on any atom is -0.463 e. The number of hydrogen-bond acceptors (Lipinski definition) is 6. The van der Waals surface area contributed by atoms with Crippen molar-refractivity contribution in [2.45, 2.75) is 13.8 Å². The fourth-order valence-corrected chi connectivity index (χ4v) is 1.67. The summed E-state index contributed by atoms with van der Waals surface area (Å²) >= 11 is 0. The predicted octanol–water partition coefficient (Wildman–Crippen LogP) is 1.80. The van der Waals surface area contributed by atoms with Crippen LogP contribution in [0.3, 0.4) is 0 Å². The normalized spacial score (nSPS) is 10.5. The summed E-state index contributed by atoms with van der Waals surface area (Å²) in [6.07, 6.45) is 4.19. The van der Waals surface area contributed by atoms with Crippen molar-refractivity contribution in [2.75, 3.05) is 23.8 Å². The van der Waals surface area contributed by atoms with Crippen LogP contribution in [0.5, 0.6) is 0 Å². The highest BCUT2D eigenvalue weighted by Crippen LogP contribution is 2.13. The number of benzene rings is 1. The van der Waals surface area contributed by atoms with Gasteiger partial charge in [-0.05, 0) is 38.1 Å². The van der Waals surface area contributed by atoms with Gasteiger partial charge in [0.2, 0.25) is 11.8 Å². The highest BCUT2D eigenvalue weighted by Gasteiger charge is 2.03. The van der Waals surface area contributed by atoms with Crippen molar-refractivity contribution >= 4 is 35.1 Å². The first-order valence-corrected chi connectivity index (χ1v) is 7.86. The second kappa shape index (κ2) is 11.2. The lowest BCUT2D eigenvalue weighted by molar-refractivity contribution is -0.138. The first kappa shape index (κ1) is 20.6. The Kier molecular flexibility index (Phi) is 8.88. The van der Waals surface area contributed by atoms with Gasteiger partial charge in [-0.1, -0.05) is 0 Å². The maximum Gasteiger partial charge on any atom is 0.330 e. The smallest absolute Gasteiger partial charge is 0.330 e. The Morgan fingerprint density at radius 1 is 0.731 bits per heavy atom. The van der Waals surface area contributed by atoms with E-state index in [1.807, 2.05) is 0 Å². The highest BCUT2D eigenvalue weighted by molar-refractivity contribution is 6.04. The van der Waals surface area contributed by atoms with Gasteiger partial charge in [-0.3, -0.25) is 9.59 Å². The van der Waals surface area contributed by atoms with E-state index in [1.165, 1.54) is 0 Å². The van der Waals surface area contributed by atoms with Crippen molar-refractivity contribution in [2.24, 2.45) is 0 Å². The van der Waals surface area contributed by atoms with Crippen molar-refractivity contribution in [3.05, 3.63) is 48.6 Å². The van der Waals surface area contributed by atoms with Gasteiger partial charge in [0.25, 0.3) is 0 Å². The Morgan fingerprint density at radius 3 is 1.38 bits per heavy atom. The second-order valence-electron chi connectivity index (χ2n) is 4.73. The molecule has 0 saturated heterocycles. The standard InChI is InChI=1S/C18H20N2O6/c1-3-25-17(23)11-9-15(21)19-13-5-7-14(8-6-13)20-16(22)10-12-18(24)26-4-2/h5-12H,3-4H2,1-2H3,(H,19,21)(H,20,22)/b11-9+,12-10+. The van der Waals surface area contributed by atoms with E-state index >= 15 is 0 Å². The number of hydrogen-bond donors (Lipinski definition) is 2. The highest BCUT2D eigenvalue weighted by atomic mass is 16.5. The minimum atomic E-state index is -0.600. The van der Waals surface area contributed by atoms with Crippen LogP contribution in [-0.4, -0.2) is 37.0 Å². The third-order valence-corrected chi connectivity index (χ3v) is 2.73. The van der Waals surface area contributed by atoms with E-state index in [4.69, 9.17) is 0 Å². The molecule has 1 aromatic rings. The van der Waals surface area contributed by atoms with E-state index in [1.54, 1.807) is 38.1 Å². The molecule has 0 heterocycles. The third-order valence-electron chi connectivity index (χ3n) is 2.73. The van der Waals surface area contributed by atoms with Gasteiger partial charge in [0.05, 0.1) is 13.2 Å². The maximum atomic E-state index is 11.7. The number of ether oxygens (including phenoxy) is 2. The van der Waals surface area contributed by atoms with Gasteiger partial charge in [0.15, 0.2) is 0 Å². The number of carbonyl (C=O) groups excluding carboxylic acids is 4. The molecule has 0 saturated carbocycles. The number of esters is 2. The zero-order valence-corrected chi connectivity index (χ0v) is 14.5. The molecule has 8 heteroatoms. The third kappa shape index (κ3) is 8.44. The van der Waals surface area contributed by atoms with E-state index in [-0.39, 0.29) is 13.2 Å². The molecule has 0 aromatic heterocycles. The van der Waals surface area contributed by atoms with Crippen LogP contribution >= 0.6 is 0 Å². The van der Waals surface area contributed by atoms with Crippen LogP contribution in [0.2, 0.25) is 0 Å². The number of carbonyl (C=O) groups is 4. The number of nitrogens with one attached hydrogen (secondary N) is 2. The Balaban J connectivity index is 2.53. The van der Waals surface area contributed by atoms with Crippen LogP contribution in [0.1, 0.15) is 13.8 Å². The fourth-order valence-electron chi connectivity index (χ4n) is 1.67. The largest absolute Gasteiger partial charge is 0.463 e. The van der Waals surface area contributed by atoms with E-state index in [0.29, 0.717) is 11.4 Å². The van der Waals surface area contributed by atoms with E-state index in [9.17, 15) is 19.2 Å². The van der Waals surface area contributed by atoms with Gasteiger partial charge >= 0.3 is 11.9 Å². The number of amides is 2. The molecular formula is C18H20N2O6. The van der Waals surface area contributed by atoms with E-state index in [2.05, 4.69) is 20.1 Å². The summed E-state index contributed by atoms with van der Waals surface area (Å²) in [5.74, 6) is -2.19. The molecule has 0 fully saturated rings. The lowest BCUT2D eigenvalue weighted by atomic mass is 10.2. The van der Waals surface area contributed by atoms with Gasteiger partial charge in [0.1, 0.15) is 0 Å². The van der Waals surface area contributed by atoms with Gasteiger partial charge in [-0.25, -0.2) is 9.59 Å². The van der Waals surface area contributed by atoms with Crippen LogP contribution in [0.25, 0.3) is 0 Å². The number of anilines is 2. The molecule has 0 atom stereocenters. The second-order valence-corrected chi connectivity index (χ2v) is 4.73. The van der Waals surface area contributed by atoms with E-state index < -0.39 is 23.8 Å². The summed E-state index contributed by atoms with van der Waals surface area (Å²) in [7, 11) is 0. The molecule has 2 N–H and O–H groups in total. The first-order chi connectivity index (χ1) is 12.4. The zero-order chi connectivity index (χ0) is 19.4. The lowest BCUT2D eigenvalue weighted by Gasteiger charge is -2.05. The lowest BCUT2D eigenvalue weighted by Crippen LogP contribution is -2.11. The Hall–Kier alpha value is -3.42. The molecule has 8 nitrogen and oxygen atoms in total. The quantitative estimate of drug-likeness (QED) is 0.540. The summed E-state index contributed by atoms with van der Waals surface area (Å²) in [6, 6.07) is 6.28. The van der Waals surface area contributed by atoms with Gasteiger partial charge in [-0.2, -0.15) is 0 Å². The molecule has 0 unspecified atom stereocenters. The summed E-state index contributed by atoms with van der Waals surface area (Å²) in [4.78, 5) is 45.5. The summed E-state index contributed by atoms with van der Waals surface area (Å²) in [6.45, 7) is 3.79. The first-order valence-electron chi connectivity index (χ1n) is 7.86. The molecule has 0 aliphatic rings. The van der Waals surface area contributed by atoms with Crippen LogP contribution < -0.4 is 10.6 Å². The molecular weight excluding hydrogens is 340 g/mol. The fraction of sp³-hybridized carbons (Fsp3) is 0.222. The Bertz CT molecular complexity index is 646. The average Bonchev–Trinajstić information content (AvgIpc) is 2.60. The minimum absolute atomic E-state index is 0.229. The van der Waals surface area contributed by atoms with Crippen molar-refractivity contribution in [3.8, 4) is 0 Å². The van der Waals surface area contributed by atoms with Gasteiger partial charge < -0.3 is 20.1 Å². The molecule has 0 aliphatic carbocycles. The maximum absolute atomic E-state index is 11.7. The predicted molar refractivity (Wildman–Crippen MR) is 95.2 cm³/mol. The van der Waals surface area contributed by atoms with Crippen molar-refractivity contribution in [1.29, 1.82) is 0 Å². The van der Waals surface area contributed by atoms with E-state index in [0.717, 1.165) is 24.3 Å². The van der Waals surface area contributed by atoms with Crippen molar-refractivity contribution in [3.63, 3.8) is 0 Å². The molecule has 0 radical (unpaired) electrons. The molecule has 1 rings (SSSR count). The molecule has 0 bridgehead atoms. The van der Waals surface area contributed by atoms with Crippen molar-refractivity contribution < 1.29 is 28.7 Å². The Morgan fingerprint density at radius 2 is 1.08 bits per heavy atom. The summed E-state index contributed by atoms with van der Waals surface area (Å²) < 4.78 is 9.33. The topological polar surface area (TPSA) is 111 Å². The van der Waals surface area contributed by atoms with Crippen LogP contribution in [0.15, 0.2) is 48.6 Å². The van der Waals surface area contributed by atoms with Gasteiger partial charge in [0, 0.05) is 35.7 Å². The molecule has 138 valence electrons. The zero-order valence-electron chi connectivity index (χ0n) is 14.5. The van der Waals surface area contributed by atoms with Crippen LogP contribution in [0.4, 0.5) is 11.4 Å². The summed E-state index contributed by atoms with van der Waals surface area (Å²) in [5.41, 5.74) is 0.951. The molecule has 0 aliphatic heterocycles. The van der Waals surface area contributed by atoms with Crippen LogP contribution in [-0.2, 0) is 28.7 Å². The van der Waals surface area contributed by atoms with Crippen LogP contribution in [0, 0.1) is 0 Å². The van der Waals surface area contributed by atoms with Gasteiger partial charge in [-0.15, -0.1) is 0 Å². The monoisotopic (exact) mass is 360 g/mol. The number of rotatable bonds is 8. The summed E-state index contributed by atoms with van der Waals surface area (Å²) in [5, 5.41) is 5.11. The molecule has 26 heavy (non-hydrogen) atoms. The average molecular weight is 360 g/mol. The van der Waals surface area contributed by atoms with Crippen molar-refractivity contribution in [1.82, 2.24) is 0 Å². The molecule has 2 amide bonds. The Labute approximate surface area is 150 Å².